The minimum atomic E-state index is -0.424. The molecule has 0 unspecified atom stereocenters. The molecule has 0 N–H and O–H groups in total. The van der Waals surface area contributed by atoms with Crippen molar-refractivity contribution in [1.29, 1.82) is 0 Å². The Labute approximate surface area is 138 Å². The number of halogens is 1. The van der Waals surface area contributed by atoms with Crippen LogP contribution in [0.2, 0.25) is 0 Å². The van der Waals surface area contributed by atoms with Crippen molar-refractivity contribution < 1.29 is 13.9 Å². The normalized spacial score (nSPS) is 10.6. The summed E-state index contributed by atoms with van der Waals surface area (Å²) in [6.45, 7) is 0.492. The van der Waals surface area contributed by atoms with Crippen molar-refractivity contribution in [2.45, 2.75) is 0 Å². The smallest absolute Gasteiger partial charge is 0.273 e. The molecule has 2 aromatic carbocycles. The van der Waals surface area contributed by atoms with Gasteiger partial charge >= 0.3 is 0 Å². The molecule has 0 atom stereocenters. The van der Waals surface area contributed by atoms with Crippen molar-refractivity contribution in [2.24, 2.45) is 0 Å². The van der Waals surface area contributed by atoms with E-state index in [-0.39, 0.29) is 24.0 Å². The monoisotopic (exact) mass is 325 g/mol. The highest BCUT2D eigenvalue weighted by Crippen LogP contribution is 2.15. The van der Waals surface area contributed by atoms with Gasteiger partial charge in [0, 0.05) is 7.05 Å². The van der Waals surface area contributed by atoms with E-state index in [2.05, 4.69) is 9.97 Å². The van der Waals surface area contributed by atoms with Crippen LogP contribution in [0.3, 0.4) is 0 Å². The number of fused-ring (bicyclic) bond motifs is 1. The highest BCUT2D eigenvalue weighted by Gasteiger charge is 2.14. The van der Waals surface area contributed by atoms with Gasteiger partial charge in [0.2, 0.25) is 0 Å². The molecule has 0 aliphatic heterocycles. The fourth-order valence-corrected chi connectivity index (χ4v) is 2.21. The summed E-state index contributed by atoms with van der Waals surface area (Å²) in [6, 6.07) is 13.5. The van der Waals surface area contributed by atoms with Gasteiger partial charge in [0.1, 0.15) is 12.3 Å². The molecule has 0 aliphatic carbocycles. The first-order valence-corrected chi connectivity index (χ1v) is 7.50. The van der Waals surface area contributed by atoms with Crippen LogP contribution < -0.4 is 4.74 Å². The topological polar surface area (TPSA) is 55.3 Å². The summed E-state index contributed by atoms with van der Waals surface area (Å²) in [7, 11) is 1.64. The Morgan fingerprint density at radius 3 is 2.62 bits per heavy atom. The standard InChI is InChI=1S/C18H16FN3O2/c1-22(10-11-24-17-9-5-2-6-13(17)19)18(23)16-12-20-14-7-3-4-8-15(14)21-16/h2-9,12H,10-11H2,1H3. The van der Waals surface area contributed by atoms with Crippen LogP contribution in [0.15, 0.2) is 54.7 Å². The van der Waals surface area contributed by atoms with Crippen LogP contribution >= 0.6 is 0 Å². The Morgan fingerprint density at radius 2 is 1.83 bits per heavy atom. The Hall–Kier alpha value is -3.02. The zero-order valence-corrected chi connectivity index (χ0v) is 13.1. The molecule has 0 fully saturated rings. The molecule has 0 radical (unpaired) electrons. The Morgan fingerprint density at radius 1 is 1.12 bits per heavy atom. The first-order chi connectivity index (χ1) is 11.6. The van der Waals surface area contributed by atoms with Gasteiger partial charge in [-0.15, -0.1) is 0 Å². The molecule has 1 heterocycles. The van der Waals surface area contributed by atoms with E-state index in [1.807, 2.05) is 18.2 Å². The fourth-order valence-electron chi connectivity index (χ4n) is 2.21. The van der Waals surface area contributed by atoms with Gasteiger partial charge in [-0.3, -0.25) is 9.78 Å². The molecule has 24 heavy (non-hydrogen) atoms. The average molecular weight is 325 g/mol. The molecule has 0 saturated heterocycles. The molecule has 3 rings (SSSR count). The number of para-hydroxylation sites is 3. The third-order valence-corrected chi connectivity index (χ3v) is 3.54. The summed E-state index contributed by atoms with van der Waals surface area (Å²) < 4.78 is 18.8. The SMILES string of the molecule is CN(CCOc1ccccc1F)C(=O)c1cnc2ccccc2n1. The van der Waals surface area contributed by atoms with Gasteiger partial charge in [0.15, 0.2) is 11.6 Å². The molecule has 1 amide bonds. The van der Waals surface area contributed by atoms with Gasteiger partial charge in [-0.25, -0.2) is 9.37 Å². The van der Waals surface area contributed by atoms with Crippen molar-refractivity contribution >= 4 is 16.9 Å². The van der Waals surface area contributed by atoms with Gasteiger partial charge in [-0.05, 0) is 24.3 Å². The fraction of sp³-hybridized carbons (Fsp3) is 0.167. The van der Waals surface area contributed by atoms with Gasteiger partial charge in [-0.1, -0.05) is 24.3 Å². The van der Waals surface area contributed by atoms with E-state index >= 15 is 0 Å². The van der Waals surface area contributed by atoms with Gasteiger partial charge < -0.3 is 9.64 Å². The number of carbonyl (C=O) groups is 1. The lowest BCUT2D eigenvalue weighted by atomic mass is 10.3. The minimum absolute atomic E-state index is 0.170. The number of ether oxygens (including phenoxy) is 1. The van der Waals surface area contributed by atoms with Crippen LogP contribution in [0, 0.1) is 5.82 Å². The Balaban J connectivity index is 1.62. The summed E-state index contributed by atoms with van der Waals surface area (Å²) in [5, 5.41) is 0. The second-order valence-corrected chi connectivity index (χ2v) is 5.25. The lowest BCUT2D eigenvalue weighted by Crippen LogP contribution is -2.31. The Bertz CT molecular complexity index is 870. The van der Waals surface area contributed by atoms with E-state index < -0.39 is 5.82 Å². The first kappa shape index (κ1) is 15.9. The molecule has 1 aromatic heterocycles. The highest BCUT2D eigenvalue weighted by atomic mass is 19.1. The molecule has 0 spiro atoms. The third-order valence-electron chi connectivity index (χ3n) is 3.54. The van der Waals surface area contributed by atoms with E-state index in [0.29, 0.717) is 12.1 Å². The van der Waals surface area contributed by atoms with E-state index in [9.17, 15) is 9.18 Å². The largest absolute Gasteiger partial charge is 0.489 e. The summed E-state index contributed by atoms with van der Waals surface area (Å²) in [5.41, 5.74) is 1.67. The van der Waals surface area contributed by atoms with Gasteiger partial charge in [0.25, 0.3) is 5.91 Å². The van der Waals surface area contributed by atoms with Crippen molar-refractivity contribution in [2.75, 3.05) is 20.2 Å². The number of likely N-dealkylation sites (N-methyl/N-ethyl adjacent to an activating group) is 1. The number of benzene rings is 2. The molecule has 0 aliphatic rings. The molecule has 6 heteroatoms. The predicted octanol–water partition coefficient (Wildman–Crippen LogP) is 2.92. The van der Waals surface area contributed by atoms with Crippen molar-refractivity contribution in [3.63, 3.8) is 0 Å². The van der Waals surface area contributed by atoms with Crippen molar-refractivity contribution in [3.8, 4) is 5.75 Å². The van der Waals surface area contributed by atoms with Crippen LogP contribution in [-0.4, -0.2) is 41.0 Å². The molecular formula is C18H16FN3O2. The zero-order chi connectivity index (χ0) is 16.9. The Kier molecular flexibility index (Phi) is 4.65. The molecule has 0 saturated carbocycles. The van der Waals surface area contributed by atoms with Crippen LogP contribution in [-0.2, 0) is 0 Å². The number of amides is 1. The van der Waals surface area contributed by atoms with Crippen LogP contribution in [0.1, 0.15) is 10.5 Å². The lowest BCUT2D eigenvalue weighted by molar-refractivity contribution is 0.0767. The second-order valence-electron chi connectivity index (χ2n) is 5.25. The summed E-state index contributed by atoms with van der Waals surface area (Å²) in [4.78, 5) is 22.4. The third kappa shape index (κ3) is 3.48. The summed E-state index contributed by atoms with van der Waals surface area (Å²) in [6.07, 6.45) is 1.46. The van der Waals surface area contributed by atoms with Gasteiger partial charge in [0.05, 0.1) is 23.8 Å². The molecule has 5 nitrogen and oxygen atoms in total. The van der Waals surface area contributed by atoms with E-state index in [1.54, 1.807) is 31.3 Å². The maximum absolute atomic E-state index is 13.5. The predicted molar refractivity (Wildman–Crippen MR) is 88.4 cm³/mol. The van der Waals surface area contributed by atoms with E-state index in [1.165, 1.54) is 17.2 Å². The number of nitrogens with zero attached hydrogens (tertiary/aromatic N) is 3. The summed E-state index contributed by atoms with van der Waals surface area (Å²) >= 11 is 0. The lowest BCUT2D eigenvalue weighted by Gasteiger charge is -2.17. The van der Waals surface area contributed by atoms with Crippen molar-refractivity contribution in [1.82, 2.24) is 14.9 Å². The van der Waals surface area contributed by atoms with Crippen LogP contribution in [0.25, 0.3) is 11.0 Å². The number of carbonyl (C=O) groups excluding carboxylic acids is 1. The molecular weight excluding hydrogens is 309 g/mol. The average Bonchev–Trinajstić information content (AvgIpc) is 2.62. The van der Waals surface area contributed by atoms with E-state index in [0.717, 1.165) is 5.52 Å². The number of hydrogen-bond donors (Lipinski definition) is 0. The number of aromatic nitrogens is 2. The maximum Gasteiger partial charge on any atom is 0.273 e. The number of hydrogen-bond acceptors (Lipinski definition) is 4. The van der Waals surface area contributed by atoms with Gasteiger partial charge in [-0.2, -0.15) is 0 Å². The zero-order valence-electron chi connectivity index (χ0n) is 13.1. The second kappa shape index (κ2) is 7.04. The van der Waals surface area contributed by atoms with Crippen LogP contribution in [0.4, 0.5) is 4.39 Å². The minimum Gasteiger partial charge on any atom is -0.489 e. The molecule has 0 bridgehead atoms. The summed E-state index contributed by atoms with van der Waals surface area (Å²) in [5.74, 6) is -0.513. The van der Waals surface area contributed by atoms with Crippen molar-refractivity contribution in [3.05, 3.63) is 66.2 Å². The quantitative estimate of drug-likeness (QED) is 0.724. The first-order valence-electron chi connectivity index (χ1n) is 7.50. The van der Waals surface area contributed by atoms with E-state index in [4.69, 9.17) is 4.74 Å². The number of rotatable bonds is 5. The molecule has 3 aromatic rings. The van der Waals surface area contributed by atoms with Crippen LogP contribution in [0.5, 0.6) is 5.75 Å². The maximum atomic E-state index is 13.5. The highest BCUT2D eigenvalue weighted by molar-refractivity contribution is 5.93. The molecule has 122 valence electrons.